The second-order valence-corrected chi connectivity index (χ2v) is 8.22. The molecule has 2 aliphatic heterocycles. The van der Waals surface area contributed by atoms with Crippen molar-refractivity contribution in [2.24, 2.45) is 5.16 Å². The van der Waals surface area contributed by atoms with Crippen LogP contribution in [0.15, 0.2) is 59.8 Å². The maximum absolute atomic E-state index is 13.3. The molecular formula is C24H30FN3O3. The van der Waals surface area contributed by atoms with Crippen molar-refractivity contribution >= 4 is 5.71 Å². The van der Waals surface area contributed by atoms with Crippen molar-refractivity contribution < 1.29 is 19.1 Å². The molecule has 0 aromatic heterocycles. The van der Waals surface area contributed by atoms with Gasteiger partial charge in [-0.1, -0.05) is 47.6 Å². The maximum atomic E-state index is 13.3. The van der Waals surface area contributed by atoms with Crippen molar-refractivity contribution in [3.63, 3.8) is 0 Å². The van der Waals surface area contributed by atoms with E-state index >= 15 is 0 Å². The molecule has 0 unspecified atom stereocenters. The monoisotopic (exact) mass is 427 g/mol. The maximum Gasteiger partial charge on any atom is 0.145 e. The quantitative estimate of drug-likeness (QED) is 0.667. The first kappa shape index (κ1) is 21.9. The Morgan fingerprint density at radius 1 is 1.10 bits per heavy atom. The number of aliphatic hydroxyl groups excluding tert-OH is 1. The van der Waals surface area contributed by atoms with Gasteiger partial charge in [0.2, 0.25) is 0 Å². The second-order valence-electron chi connectivity index (χ2n) is 8.22. The molecule has 7 heteroatoms. The number of rotatable bonds is 9. The van der Waals surface area contributed by atoms with Gasteiger partial charge in [-0.25, -0.2) is 4.39 Å². The summed E-state index contributed by atoms with van der Waals surface area (Å²) < 4.78 is 18.7. The Morgan fingerprint density at radius 3 is 2.58 bits per heavy atom. The molecule has 6 nitrogen and oxygen atoms in total. The Labute approximate surface area is 182 Å². The van der Waals surface area contributed by atoms with E-state index < -0.39 is 6.10 Å². The van der Waals surface area contributed by atoms with E-state index in [1.54, 1.807) is 12.1 Å². The number of nitrogens with zero attached hydrogens (tertiary/aromatic N) is 3. The molecule has 2 aromatic rings. The standard InChI is InChI=1S/C24H30FN3O3/c25-21-8-6-19(7-9-21)15-28(17-22(29)16-27-10-12-30-13-11-27)18-23-14-24(26-31-23)20-4-2-1-3-5-20/h1-9,22-23,29H,10-18H2/t22-,23+/m1/s1. The van der Waals surface area contributed by atoms with Gasteiger partial charge in [-0.3, -0.25) is 9.80 Å². The van der Waals surface area contributed by atoms with Crippen molar-refractivity contribution in [3.05, 3.63) is 71.5 Å². The average molecular weight is 428 g/mol. The highest BCUT2D eigenvalue weighted by atomic mass is 19.1. The molecule has 2 atom stereocenters. The fourth-order valence-electron chi connectivity index (χ4n) is 4.10. The molecule has 1 N–H and O–H groups in total. The van der Waals surface area contributed by atoms with E-state index in [0.29, 0.717) is 39.4 Å². The zero-order valence-electron chi connectivity index (χ0n) is 17.7. The van der Waals surface area contributed by atoms with Gasteiger partial charge in [-0.2, -0.15) is 0 Å². The van der Waals surface area contributed by atoms with Gasteiger partial charge in [-0.05, 0) is 23.3 Å². The van der Waals surface area contributed by atoms with Gasteiger partial charge < -0.3 is 14.7 Å². The van der Waals surface area contributed by atoms with Gasteiger partial charge in [0.25, 0.3) is 0 Å². The third-order valence-corrected chi connectivity index (χ3v) is 5.66. The molecule has 2 aliphatic rings. The van der Waals surface area contributed by atoms with Gasteiger partial charge in [-0.15, -0.1) is 0 Å². The van der Waals surface area contributed by atoms with Crippen molar-refractivity contribution in [2.75, 3.05) is 45.9 Å². The molecule has 0 aliphatic carbocycles. The zero-order valence-corrected chi connectivity index (χ0v) is 17.7. The van der Waals surface area contributed by atoms with Gasteiger partial charge in [0, 0.05) is 45.7 Å². The molecule has 0 amide bonds. The van der Waals surface area contributed by atoms with E-state index in [1.807, 2.05) is 30.3 Å². The van der Waals surface area contributed by atoms with Crippen molar-refractivity contribution in [2.45, 2.75) is 25.2 Å². The zero-order chi connectivity index (χ0) is 21.5. The Kier molecular flexibility index (Phi) is 7.64. The van der Waals surface area contributed by atoms with E-state index in [2.05, 4.69) is 15.0 Å². The molecule has 2 heterocycles. The molecule has 0 saturated carbocycles. The molecule has 0 radical (unpaired) electrons. The molecule has 1 fully saturated rings. The first-order valence-electron chi connectivity index (χ1n) is 10.9. The normalized spacial score (nSPS) is 20.5. The SMILES string of the molecule is O[C@H](CN1CCOCC1)CN(Cc1ccc(F)cc1)C[C@@H]1CC(c2ccccc2)=NO1. The van der Waals surface area contributed by atoms with Gasteiger partial charge in [0.05, 0.1) is 25.0 Å². The minimum atomic E-state index is -0.491. The Morgan fingerprint density at radius 2 is 1.84 bits per heavy atom. The van der Waals surface area contributed by atoms with Gasteiger partial charge >= 0.3 is 0 Å². The van der Waals surface area contributed by atoms with Crippen LogP contribution in [-0.4, -0.2) is 78.8 Å². The molecular weight excluding hydrogens is 397 g/mol. The van der Waals surface area contributed by atoms with Gasteiger partial charge in [0.1, 0.15) is 11.9 Å². The highest BCUT2D eigenvalue weighted by Gasteiger charge is 2.26. The number of hydrogen-bond acceptors (Lipinski definition) is 6. The third kappa shape index (κ3) is 6.58. The molecule has 31 heavy (non-hydrogen) atoms. The van der Waals surface area contributed by atoms with Crippen LogP contribution < -0.4 is 0 Å². The lowest BCUT2D eigenvalue weighted by atomic mass is 10.0. The third-order valence-electron chi connectivity index (χ3n) is 5.66. The molecule has 0 bridgehead atoms. The van der Waals surface area contributed by atoms with Crippen LogP contribution in [0.2, 0.25) is 0 Å². The summed E-state index contributed by atoms with van der Waals surface area (Å²) in [4.78, 5) is 10.1. The Bertz CT molecular complexity index is 841. The lowest BCUT2D eigenvalue weighted by molar-refractivity contribution is -0.00266. The lowest BCUT2D eigenvalue weighted by Crippen LogP contribution is -2.45. The number of oxime groups is 1. The largest absolute Gasteiger partial charge is 0.390 e. The van der Waals surface area contributed by atoms with E-state index in [4.69, 9.17) is 9.57 Å². The number of halogens is 1. The molecule has 2 aromatic carbocycles. The predicted molar refractivity (Wildman–Crippen MR) is 117 cm³/mol. The minimum absolute atomic E-state index is 0.0776. The van der Waals surface area contributed by atoms with Crippen LogP contribution in [0.25, 0.3) is 0 Å². The van der Waals surface area contributed by atoms with Crippen LogP contribution in [0.5, 0.6) is 0 Å². The lowest BCUT2D eigenvalue weighted by Gasteiger charge is -2.31. The summed E-state index contributed by atoms with van der Waals surface area (Å²) in [6.07, 6.45) is 0.157. The summed E-state index contributed by atoms with van der Waals surface area (Å²) in [5.41, 5.74) is 3.02. The summed E-state index contributed by atoms with van der Waals surface area (Å²) >= 11 is 0. The average Bonchev–Trinajstić information content (AvgIpc) is 3.25. The summed E-state index contributed by atoms with van der Waals surface area (Å²) in [5.74, 6) is -0.248. The van der Waals surface area contributed by atoms with Crippen LogP contribution in [0, 0.1) is 5.82 Å². The number of β-amino-alcohol motifs (C(OH)–C–C–N with tert-alkyl or cyclic N) is 1. The van der Waals surface area contributed by atoms with Gasteiger partial charge in [0.15, 0.2) is 0 Å². The van der Waals surface area contributed by atoms with E-state index in [9.17, 15) is 9.50 Å². The van der Waals surface area contributed by atoms with Crippen LogP contribution in [0.4, 0.5) is 4.39 Å². The van der Waals surface area contributed by atoms with Crippen LogP contribution in [0.3, 0.4) is 0 Å². The summed E-state index contributed by atoms with van der Waals surface area (Å²) in [6, 6.07) is 16.6. The number of benzene rings is 2. The first-order valence-corrected chi connectivity index (χ1v) is 10.9. The van der Waals surface area contributed by atoms with Crippen molar-refractivity contribution in [1.29, 1.82) is 0 Å². The van der Waals surface area contributed by atoms with Crippen LogP contribution in [-0.2, 0) is 16.1 Å². The summed E-state index contributed by atoms with van der Waals surface area (Å²) in [6.45, 7) is 5.47. The van der Waals surface area contributed by atoms with Crippen LogP contribution in [0.1, 0.15) is 17.5 Å². The Hall–Kier alpha value is -2.32. The topological polar surface area (TPSA) is 57.5 Å². The van der Waals surface area contributed by atoms with Crippen LogP contribution >= 0.6 is 0 Å². The molecule has 0 spiro atoms. The number of morpholine rings is 1. The first-order chi connectivity index (χ1) is 15.2. The van der Waals surface area contributed by atoms with E-state index in [-0.39, 0.29) is 11.9 Å². The summed E-state index contributed by atoms with van der Waals surface area (Å²) in [5, 5.41) is 15.0. The second kappa shape index (κ2) is 10.8. The molecule has 166 valence electrons. The van der Waals surface area contributed by atoms with Crippen molar-refractivity contribution in [1.82, 2.24) is 9.80 Å². The number of hydrogen-bond donors (Lipinski definition) is 1. The predicted octanol–water partition coefficient (Wildman–Crippen LogP) is 2.51. The smallest absolute Gasteiger partial charge is 0.145 e. The van der Waals surface area contributed by atoms with E-state index in [1.165, 1.54) is 12.1 Å². The fourth-order valence-corrected chi connectivity index (χ4v) is 4.10. The molecule has 1 saturated heterocycles. The fraction of sp³-hybridized carbons (Fsp3) is 0.458. The Balaban J connectivity index is 1.36. The number of aliphatic hydroxyl groups is 1. The highest BCUT2D eigenvalue weighted by Crippen LogP contribution is 2.19. The molecule has 4 rings (SSSR count). The minimum Gasteiger partial charge on any atom is -0.390 e. The highest BCUT2D eigenvalue weighted by molar-refractivity contribution is 6.01. The van der Waals surface area contributed by atoms with Crippen molar-refractivity contribution in [3.8, 4) is 0 Å². The summed E-state index contributed by atoms with van der Waals surface area (Å²) in [7, 11) is 0. The van der Waals surface area contributed by atoms with E-state index in [0.717, 1.165) is 36.3 Å². The number of ether oxygens (including phenoxy) is 1.